The number of carbonyl (C=O) groups excluding carboxylic acids is 1. The van der Waals surface area contributed by atoms with Gasteiger partial charge in [0.05, 0.1) is 12.6 Å². The molecule has 0 saturated heterocycles. The van der Waals surface area contributed by atoms with Gasteiger partial charge in [-0.25, -0.2) is 4.98 Å². The van der Waals surface area contributed by atoms with Gasteiger partial charge < -0.3 is 10.1 Å². The van der Waals surface area contributed by atoms with E-state index in [0.29, 0.717) is 13.0 Å². The molecule has 1 atom stereocenters. The van der Waals surface area contributed by atoms with Crippen molar-refractivity contribution in [1.82, 2.24) is 20.1 Å². The zero-order chi connectivity index (χ0) is 12.8. The van der Waals surface area contributed by atoms with Gasteiger partial charge in [-0.2, -0.15) is 5.10 Å². The molecule has 0 aliphatic rings. The van der Waals surface area contributed by atoms with Gasteiger partial charge in [0.25, 0.3) is 0 Å². The number of methoxy groups -OCH3 is 1. The quantitative estimate of drug-likeness (QED) is 0.793. The molecule has 0 aliphatic heterocycles. The van der Waals surface area contributed by atoms with Crippen molar-refractivity contribution in [3.63, 3.8) is 0 Å². The van der Waals surface area contributed by atoms with Crippen LogP contribution in [0.3, 0.4) is 0 Å². The number of ether oxygens (including phenoxy) is 1. The Kier molecular flexibility index (Phi) is 5.09. The third-order valence-corrected chi connectivity index (χ3v) is 2.54. The highest BCUT2D eigenvalue weighted by atomic mass is 16.5. The lowest BCUT2D eigenvalue weighted by Gasteiger charge is -2.21. The topological polar surface area (TPSA) is 69.0 Å². The highest BCUT2D eigenvalue weighted by Gasteiger charge is 2.22. The van der Waals surface area contributed by atoms with Crippen molar-refractivity contribution in [2.45, 2.75) is 26.3 Å². The third kappa shape index (κ3) is 3.81. The van der Waals surface area contributed by atoms with E-state index >= 15 is 0 Å². The van der Waals surface area contributed by atoms with E-state index in [0.717, 1.165) is 5.82 Å². The van der Waals surface area contributed by atoms with Crippen LogP contribution < -0.4 is 5.32 Å². The first-order valence-electron chi connectivity index (χ1n) is 5.68. The van der Waals surface area contributed by atoms with Crippen LogP contribution in [0.4, 0.5) is 0 Å². The summed E-state index contributed by atoms with van der Waals surface area (Å²) < 4.78 is 6.56. The Bertz CT molecular complexity index is 362. The standard InChI is InChI=1S/C11H20N4O2/c1-8(2)10(11-12-7-13-15(11)3)14-9(16)5-6-17-4/h7-8,10H,5-6H2,1-4H3,(H,14,16)/t10-/m1/s1. The Morgan fingerprint density at radius 2 is 2.29 bits per heavy atom. The Morgan fingerprint density at radius 1 is 1.59 bits per heavy atom. The number of hydrogen-bond donors (Lipinski definition) is 1. The smallest absolute Gasteiger partial charge is 0.222 e. The first-order chi connectivity index (χ1) is 8.06. The molecular formula is C11H20N4O2. The minimum absolute atomic E-state index is 0.0337. The molecule has 1 N–H and O–H groups in total. The lowest BCUT2D eigenvalue weighted by Crippen LogP contribution is -2.34. The maximum Gasteiger partial charge on any atom is 0.222 e. The molecule has 6 heteroatoms. The number of nitrogens with zero attached hydrogens (tertiary/aromatic N) is 3. The predicted molar refractivity (Wildman–Crippen MR) is 63.2 cm³/mol. The van der Waals surface area contributed by atoms with Crippen molar-refractivity contribution in [3.05, 3.63) is 12.2 Å². The maximum atomic E-state index is 11.7. The number of aromatic nitrogens is 3. The summed E-state index contributed by atoms with van der Waals surface area (Å²) >= 11 is 0. The summed E-state index contributed by atoms with van der Waals surface area (Å²) in [6, 6.07) is -0.119. The molecular weight excluding hydrogens is 220 g/mol. The number of amides is 1. The van der Waals surface area contributed by atoms with E-state index in [1.165, 1.54) is 6.33 Å². The minimum atomic E-state index is -0.119. The number of hydrogen-bond acceptors (Lipinski definition) is 4. The summed E-state index contributed by atoms with van der Waals surface area (Å²) in [5.74, 6) is 0.990. The molecule has 0 aliphatic carbocycles. The Hall–Kier alpha value is -1.43. The molecule has 1 amide bonds. The van der Waals surface area contributed by atoms with Crippen LogP contribution in [0, 0.1) is 5.92 Å². The fraction of sp³-hybridized carbons (Fsp3) is 0.727. The molecule has 0 bridgehead atoms. The zero-order valence-electron chi connectivity index (χ0n) is 10.8. The van der Waals surface area contributed by atoms with Gasteiger partial charge >= 0.3 is 0 Å². The number of rotatable bonds is 6. The summed E-state index contributed by atoms with van der Waals surface area (Å²) in [5.41, 5.74) is 0. The SMILES string of the molecule is COCCC(=O)N[C@@H](c1ncnn1C)C(C)C. The zero-order valence-corrected chi connectivity index (χ0v) is 10.8. The molecule has 1 rings (SSSR count). The van der Waals surface area contributed by atoms with E-state index in [9.17, 15) is 4.79 Å². The van der Waals surface area contributed by atoms with Gasteiger partial charge in [-0.05, 0) is 5.92 Å². The molecule has 0 spiro atoms. The number of nitrogens with one attached hydrogen (secondary N) is 1. The first kappa shape index (κ1) is 13.6. The highest BCUT2D eigenvalue weighted by Crippen LogP contribution is 2.18. The summed E-state index contributed by atoms with van der Waals surface area (Å²) in [5, 5.41) is 6.97. The molecule has 1 aromatic rings. The van der Waals surface area contributed by atoms with Gasteiger partial charge in [0.1, 0.15) is 12.2 Å². The van der Waals surface area contributed by atoms with Crippen LogP contribution in [0.25, 0.3) is 0 Å². The second-order valence-electron chi connectivity index (χ2n) is 4.27. The third-order valence-electron chi connectivity index (χ3n) is 2.54. The van der Waals surface area contributed by atoms with Gasteiger partial charge in [0.2, 0.25) is 5.91 Å². The van der Waals surface area contributed by atoms with Gasteiger partial charge in [-0.1, -0.05) is 13.8 Å². The van der Waals surface area contributed by atoms with Gasteiger partial charge in [-0.3, -0.25) is 9.48 Å². The van der Waals surface area contributed by atoms with Crippen molar-refractivity contribution in [2.24, 2.45) is 13.0 Å². The summed E-state index contributed by atoms with van der Waals surface area (Å²) in [6.45, 7) is 4.50. The van der Waals surface area contributed by atoms with Crippen molar-refractivity contribution < 1.29 is 9.53 Å². The van der Waals surface area contributed by atoms with Crippen LogP contribution in [0.5, 0.6) is 0 Å². The molecule has 17 heavy (non-hydrogen) atoms. The summed E-state index contributed by atoms with van der Waals surface area (Å²) in [7, 11) is 3.40. The van der Waals surface area contributed by atoms with E-state index in [1.807, 2.05) is 20.9 Å². The van der Waals surface area contributed by atoms with Crippen LogP contribution in [0.2, 0.25) is 0 Å². The van der Waals surface area contributed by atoms with Gasteiger partial charge in [-0.15, -0.1) is 0 Å². The molecule has 0 aromatic carbocycles. The largest absolute Gasteiger partial charge is 0.384 e. The normalized spacial score (nSPS) is 12.8. The molecule has 1 aromatic heterocycles. The first-order valence-corrected chi connectivity index (χ1v) is 5.68. The molecule has 0 fully saturated rings. The molecule has 0 saturated carbocycles. The molecule has 1 heterocycles. The van der Waals surface area contributed by atoms with Crippen molar-refractivity contribution >= 4 is 5.91 Å². The summed E-state index contributed by atoms with van der Waals surface area (Å²) in [4.78, 5) is 15.9. The van der Waals surface area contributed by atoms with E-state index in [-0.39, 0.29) is 17.9 Å². The number of carbonyl (C=O) groups is 1. The van der Waals surface area contributed by atoms with Crippen LogP contribution >= 0.6 is 0 Å². The molecule has 0 unspecified atom stereocenters. The Labute approximate surface area is 101 Å². The van der Waals surface area contributed by atoms with Gasteiger partial charge in [0, 0.05) is 20.6 Å². The average molecular weight is 240 g/mol. The van der Waals surface area contributed by atoms with E-state index < -0.39 is 0 Å². The highest BCUT2D eigenvalue weighted by molar-refractivity contribution is 5.76. The van der Waals surface area contributed by atoms with Crippen molar-refractivity contribution in [3.8, 4) is 0 Å². The van der Waals surface area contributed by atoms with Crippen LogP contribution in [-0.4, -0.2) is 34.4 Å². The van der Waals surface area contributed by atoms with E-state index in [4.69, 9.17) is 4.74 Å². The minimum Gasteiger partial charge on any atom is -0.384 e. The number of aryl methyl sites for hydroxylation is 1. The lowest BCUT2D eigenvalue weighted by molar-refractivity contribution is -0.123. The Morgan fingerprint density at radius 3 is 2.76 bits per heavy atom. The average Bonchev–Trinajstić information content (AvgIpc) is 2.69. The monoisotopic (exact) mass is 240 g/mol. The summed E-state index contributed by atoms with van der Waals surface area (Å²) in [6.07, 6.45) is 1.85. The lowest BCUT2D eigenvalue weighted by atomic mass is 10.0. The van der Waals surface area contributed by atoms with E-state index in [2.05, 4.69) is 15.4 Å². The molecule has 0 radical (unpaired) electrons. The second kappa shape index (κ2) is 6.34. The Balaban J connectivity index is 2.68. The van der Waals surface area contributed by atoms with E-state index in [1.54, 1.807) is 11.8 Å². The predicted octanol–water partition coefficient (Wildman–Crippen LogP) is 0.665. The molecule has 6 nitrogen and oxygen atoms in total. The van der Waals surface area contributed by atoms with Crippen LogP contribution in [-0.2, 0) is 16.6 Å². The fourth-order valence-electron chi connectivity index (χ4n) is 1.56. The van der Waals surface area contributed by atoms with Crippen molar-refractivity contribution in [2.75, 3.05) is 13.7 Å². The molecule has 96 valence electrons. The van der Waals surface area contributed by atoms with Crippen molar-refractivity contribution in [1.29, 1.82) is 0 Å². The fourth-order valence-corrected chi connectivity index (χ4v) is 1.56. The second-order valence-corrected chi connectivity index (χ2v) is 4.27. The van der Waals surface area contributed by atoms with Gasteiger partial charge in [0.15, 0.2) is 0 Å². The van der Waals surface area contributed by atoms with Crippen LogP contribution in [0.15, 0.2) is 6.33 Å². The maximum absolute atomic E-state index is 11.7. The van der Waals surface area contributed by atoms with Crippen LogP contribution in [0.1, 0.15) is 32.1 Å².